The fourth-order valence-corrected chi connectivity index (χ4v) is 5.08. The minimum atomic E-state index is -3.72. The van der Waals surface area contributed by atoms with Gasteiger partial charge in [-0.1, -0.05) is 53.5 Å². The number of carbonyl (C=O) groups excluding carboxylic acids is 1. The van der Waals surface area contributed by atoms with E-state index in [0.717, 1.165) is 11.1 Å². The van der Waals surface area contributed by atoms with Crippen LogP contribution in [0.15, 0.2) is 48.5 Å². The molecule has 28 heavy (non-hydrogen) atoms. The van der Waals surface area contributed by atoms with Crippen LogP contribution in [0.4, 0.5) is 0 Å². The van der Waals surface area contributed by atoms with Crippen LogP contribution in [0, 0.1) is 0 Å². The van der Waals surface area contributed by atoms with Gasteiger partial charge >= 0.3 is 0 Å². The van der Waals surface area contributed by atoms with Crippen molar-refractivity contribution >= 4 is 39.3 Å². The summed E-state index contributed by atoms with van der Waals surface area (Å²) in [5.74, 6) is -0.367. The summed E-state index contributed by atoms with van der Waals surface area (Å²) in [4.78, 5) is 12.3. The summed E-state index contributed by atoms with van der Waals surface area (Å²) in [7, 11) is -3.72. The van der Waals surface area contributed by atoms with Crippen LogP contribution in [0.2, 0.25) is 10.0 Å². The number of nitrogens with zero attached hydrogens (tertiary/aromatic N) is 2. The van der Waals surface area contributed by atoms with Gasteiger partial charge in [0, 0.05) is 36.2 Å². The van der Waals surface area contributed by atoms with Crippen LogP contribution < -0.4 is 5.32 Å². The van der Waals surface area contributed by atoms with Gasteiger partial charge in [-0.15, -0.1) is 0 Å². The summed E-state index contributed by atoms with van der Waals surface area (Å²) in [6.45, 7) is 0.971. The molecule has 1 saturated heterocycles. The van der Waals surface area contributed by atoms with Gasteiger partial charge in [-0.2, -0.15) is 17.0 Å². The van der Waals surface area contributed by atoms with Crippen molar-refractivity contribution in [1.82, 2.24) is 13.9 Å². The number of benzene rings is 2. The highest BCUT2D eigenvalue weighted by atomic mass is 35.5. The number of carbonyl (C=O) groups is 1. The Balaban J connectivity index is 1.61. The van der Waals surface area contributed by atoms with E-state index in [1.807, 2.05) is 24.3 Å². The second-order valence-electron chi connectivity index (χ2n) is 6.53. The molecule has 150 valence electrons. The van der Waals surface area contributed by atoms with Crippen molar-refractivity contribution < 1.29 is 13.2 Å². The van der Waals surface area contributed by atoms with E-state index in [-0.39, 0.29) is 25.5 Å². The third kappa shape index (κ3) is 5.24. The maximum Gasteiger partial charge on any atom is 0.282 e. The number of amides is 1. The van der Waals surface area contributed by atoms with E-state index in [2.05, 4.69) is 5.32 Å². The Morgan fingerprint density at radius 2 is 1.79 bits per heavy atom. The van der Waals surface area contributed by atoms with Crippen LogP contribution >= 0.6 is 23.2 Å². The normalized spacial score (nSPS) is 17.4. The van der Waals surface area contributed by atoms with Gasteiger partial charge in [0.1, 0.15) is 0 Å². The Bertz CT molecular complexity index is 953. The van der Waals surface area contributed by atoms with Crippen molar-refractivity contribution in [1.29, 1.82) is 0 Å². The molecule has 3 rings (SSSR count). The second-order valence-corrected chi connectivity index (χ2v) is 9.30. The van der Waals surface area contributed by atoms with Crippen LogP contribution in [-0.4, -0.2) is 42.6 Å². The fourth-order valence-electron chi connectivity index (χ4n) is 3.03. The molecular formula is C19H21Cl2N3O3S. The lowest BCUT2D eigenvalue weighted by Crippen LogP contribution is -2.52. The summed E-state index contributed by atoms with van der Waals surface area (Å²) < 4.78 is 28.4. The highest BCUT2D eigenvalue weighted by Gasteiger charge is 2.34. The predicted molar refractivity (Wildman–Crippen MR) is 110 cm³/mol. The van der Waals surface area contributed by atoms with E-state index < -0.39 is 10.2 Å². The second kappa shape index (κ2) is 9.24. The SMILES string of the molecule is O=C(CN1CCCN(Cc2cccc(Cl)c2)S1(=O)=O)NCc1ccccc1Cl. The average Bonchev–Trinajstić information content (AvgIpc) is 2.65. The van der Waals surface area contributed by atoms with Crippen molar-refractivity contribution in [2.45, 2.75) is 19.5 Å². The van der Waals surface area contributed by atoms with Gasteiger partial charge in [0.2, 0.25) is 5.91 Å². The zero-order valence-electron chi connectivity index (χ0n) is 15.1. The first kappa shape index (κ1) is 21.1. The molecule has 1 heterocycles. The summed E-state index contributed by atoms with van der Waals surface area (Å²) in [5.41, 5.74) is 1.59. The molecule has 1 aliphatic rings. The average molecular weight is 442 g/mol. The molecular weight excluding hydrogens is 421 g/mol. The first-order valence-electron chi connectivity index (χ1n) is 8.86. The van der Waals surface area contributed by atoms with Crippen molar-refractivity contribution in [3.63, 3.8) is 0 Å². The van der Waals surface area contributed by atoms with Crippen LogP contribution in [0.5, 0.6) is 0 Å². The Morgan fingerprint density at radius 3 is 2.54 bits per heavy atom. The first-order valence-corrected chi connectivity index (χ1v) is 11.0. The van der Waals surface area contributed by atoms with E-state index in [4.69, 9.17) is 23.2 Å². The van der Waals surface area contributed by atoms with E-state index in [0.29, 0.717) is 29.6 Å². The highest BCUT2D eigenvalue weighted by molar-refractivity contribution is 7.86. The lowest BCUT2D eigenvalue weighted by Gasteiger charge is -2.34. The molecule has 0 aromatic heterocycles. The number of halogens is 2. The monoisotopic (exact) mass is 441 g/mol. The molecule has 0 spiro atoms. The lowest BCUT2D eigenvalue weighted by atomic mass is 10.2. The minimum absolute atomic E-state index is 0.223. The van der Waals surface area contributed by atoms with Crippen molar-refractivity contribution in [2.75, 3.05) is 19.6 Å². The number of hydrogen-bond acceptors (Lipinski definition) is 3. The first-order chi connectivity index (χ1) is 13.4. The molecule has 1 N–H and O–H groups in total. The fraction of sp³-hybridized carbons (Fsp3) is 0.316. The molecule has 0 atom stereocenters. The lowest BCUT2D eigenvalue weighted by molar-refractivity contribution is -0.121. The molecule has 9 heteroatoms. The van der Waals surface area contributed by atoms with E-state index in [1.165, 1.54) is 8.61 Å². The van der Waals surface area contributed by atoms with Gasteiger partial charge in [0.15, 0.2) is 0 Å². The molecule has 0 radical (unpaired) electrons. The Kier molecular flexibility index (Phi) is 6.95. The smallest absolute Gasteiger partial charge is 0.282 e. The number of rotatable bonds is 6. The zero-order valence-corrected chi connectivity index (χ0v) is 17.5. The van der Waals surface area contributed by atoms with Gasteiger partial charge in [0.05, 0.1) is 6.54 Å². The molecule has 1 amide bonds. The Hall–Kier alpha value is -1.64. The summed E-state index contributed by atoms with van der Waals surface area (Å²) in [6.07, 6.45) is 0.650. The molecule has 2 aromatic carbocycles. The summed E-state index contributed by atoms with van der Waals surface area (Å²) in [5, 5.41) is 3.85. The van der Waals surface area contributed by atoms with Crippen LogP contribution in [0.3, 0.4) is 0 Å². The third-order valence-electron chi connectivity index (χ3n) is 4.47. The Labute approximate surface area is 175 Å². The third-order valence-corrected chi connectivity index (χ3v) is 7.00. The van der Waals surface area contributed by atoms with E-state index >= 15 is 0 Å². The van der Waals surface area contributed by atoms with Gasteiger partial charge in [0.25, 0.3) is 10.2 Å². The zero-order chi connectivity index (χ0) is 20.1. The Morgan fingerprint density at radius 1 is 1.04 bits per heavy atom. The van der Waals surface area contributed by atoms with E-state index in [1.54, 1.807) is 24.3 Å². The van der Waals surface area contributed by atoms with Crippen LogP contribution in [-0.2, 0) is 28.1 Å². The maximum atomic E-state index is 12.9. The van der Waals surface area contributed by atoms with Gasteiger partial charge in [-0.3, -0.25) is 4.79 Å². The molecule has 6 nitrogen and oxygen atoms in total. The standard InChI is InChI=1S/C19H21Cl2N3O3S/c20-17-7-3-5-15(11-17)13-23-9-4-10-24(28(23,26)27)14-19(25)22-12-16-6-1-2-8-18(16)21/h1-3,5-8,11H,4,9-10,12-14H2,(H,22,25). The maximum absolute atomic E-state index is 12.9. The molecule has 0 saturated carbocycles. The number of nitrogens with one attached hydrogen (secondary N) is 1. The highest BCUT2D eigenvalue weighted by Crippen LogP contribution is 2.21. The topological polar surface area (TPSA) is 69.7 Å². The molecule has 1 fully saturated rings. The molecule has 2 aromatic rings. The van der Waals surface area contributed by atoms with Crippen LogP contribution in [0.25, 0.3) is 0 Å². The van der Waals surface area contributed by atoms with Crippen molar-refractivity contribution in [2.24, 2.45) is 0 Å². The van der Waals surface area contributed by atoms with Gasteiger partial charge in [-0.25, -0.2) is 0 Å². The largest absolute Gasteiger partial charge is 0.351 e. The van der Waals surface area contributed by atoms with Gasteiger partial charge < -0.3 is 5.32 Å². The van der Waals surface area contributed by atoms with E-state index in [9.17, 15) is 13.2 Å². The number of hydrogen-bond donors (Lipinski definition) is 1. The molecule has 0 bridgehead atoms. The predicted octanol–water partition coefficient (Wildman–Crippen LogP) is 3.06. The summed E-state index contributed by atoms with van der Waals surface area (Å²) in [6, 6.07) is 14.3. The summed E-state index contributed by atoms with van der Waals surface area (Å²) >= 11 is 12.1. The molecule has 0 unspecified atom stereocenters. The van der Waals surface area contributed by atoms with Crippen LogP contribution in [0.1, 0.15) is 17.5 Å². The molecule has 1 aliphatic heterocycles. The van der Waals surface area contributed by atoms with Crippen molar-refractivity contribution in [3.8, 4) is 0 Å². The van der Waals surface area contributed by atoms with Crippen molar-refractivity contribution in [3.05, 3.63) is 69.7 Å². The van der Waals surface area contributed by atoms with Gasteiger partial charge in [-0.05, 0) is 35.7 Å². The molecule has 0 aliphatic carbocycles. The quantitative estimate of drug-likeness (QED) is 0.748. The minimum Gasteiger partial charge on any atom is -0.351 e.